The zero-order valence-corrected chi connectivity index (χ0v) is 15.4. The molecule has 0 bridgehead atoms. The Labute approximate surface area is 140 Å². The number of rotatable bonds is 8. The Hall–Kier alpha value is -0.920. The molecule has 0 aliphatic rings. The van der Waals surface area contributed by atoms with Crippen LogP contribution in [0.4, 0.5) is 0 Å². The second-order valence-electron chi connectivity index (χ2n) is 5.22. The quantitative estimate of drug-likeness (QED) is 0.388. The molecule has 0 aliphatic heterocycles. The Balaban J connectivity index is 3.20. The molecule has 124 valence electrons. The average Bonchev–Trinajstić information content (AvgIpc) is 2.47. The number of ether oxygens (including phenoxy) is 1. The van der Waals surface area contributed by atoms with E-state index in [1.165, 1.54) is 12.1 Å². The van der Waals surface area contributed by atoms with Gasteiger partial charge in [-0.2, -0.15) is 4.31 Å². The van der Waals surface area contributed by atoms with Crippen LogP contribution in [0, 0.1) is 5.92 Å². The van der Waals surface area contributed by atoms with Crippen LogP contribution < -0.4 is 0 Å². The highest BCUT2D eigenvalue weighted by atomic mass is 79.9. The van der Waals surface area contributed by atoms with E-state index in [0.29, 0.717) is 6.42 Å². The molecule has 0 aromatic heterocycles. The lowest BCUT2D eigenvalue weighted by Gasteiger charge is -2.28. The minimum absolute atomic E-state index is 0.0282. The SMILES string of the molecule is CCOC(=O)[C@H](CC(C)C)N(CBr)S(=O)(=O)c1ccccc1. The second kappa shape index (κ2) is 8.64. The molecule has 1 rings (SSSR count). The molecule has 0 N–H and O–H groups in total. The summed E-state index contributed by atoms with van der Waals surface area (Å²) in [5.41, 5.74) is 0.0282. The van der Waals surface area contributed by atoms with E-state index in [9.17, 15) is 13.2 Å². The summed E-state index contributed by atoms with van der Waals surface area (Å²) in [6, 6.07) is 7.24. The van der Waals surface area contributed by atoms with Crippen molar-refractivity contribution in [3.8, 4) is 0 Å². The van der Waals surface area contributed by atoms with Gasteiger partial charge in [0.1, 0.15) is 6.04 Å². The second-order valence-corrected chi connectivity index (χ2v) is 7.61. The van der Waals surface area contributed by atoms with E-state index in [0.717, 1.165) is 4.31 Å². The first kappa shape index (κ1) is 19.1. The van der Waals surface area contributed by atoms with Crippen molar-refractivity contribution in [3.05, 3.63) is 30.3 Å². The lowest BCUT2D eigenvalue weighted by atomic mass is 10.0. The summed E-state index contributed by atoms with van der Waals surface area (Å²) in [5.74, 6) is -0.364. The van der Waals surface area contributed by atoms with Crippen molar-refractivity contribution in [2.45, 2.75) is 38.1 Å². The molecule has 0 unspecified atom stereocenters. The molecular weight excluding hydrogens is 370 g/mol. The Morgan fingerprint density at radius 3 is 2.32 bits per heavy atom. The monoisotopic (exact) mass is 391 g/mol. The Morgan fingerprint density at radius 2 is 1.86 bits per heavy atom. The summed E-state index contributed by atoms with van der Waals surface area (Å²) in [7, 11) is -3.77. The highest BCUT2D eigenvalue weighted by Crippen LogP contribution is 2.23. The van der Waals surface area contributed by atoms with Gasteiger partial charge >= 0.3 is 5.97 Å². The lowest BCUT2D eigenvalue weighted by Crippen LogP contribution is -2.45. The van der Waals surface area contributed by atoms with Crippen LogP contribution in [-0.2, 0) is 19.6 Å². The molecule has 5 nitrogen and oxygen atoms in total. The van der Waals surface area contributed by atoms with Crippen molar-refractivity contribution in [2.24, 2.45) is 5.92 Å². The standard InChI is InChI=1S/C15H22BrNO4S/c1-4-21-15(18)14(10-12(2)3)17(11-16)22(19,20)13-8-6-5-7-9-13/h5-9,12,14H,4,10-11H2,1-3H3/t14-/m0/s1. The minimum Gasteiger partial charge on any atom is -0.465 e. The van der Waals surface area contributed by atoms with E-state index in [-0.39, 0.29) is 22.9 Å². The van der Waals surface area contributed by atoms with Gasteiger partial charge in [0.2, 0.25) is 10.0 Å². The van der Waals surface area contributed by atoms with Gasteiger partial charge in [0.25, 0.3) is 0 Å². The van der Waals surface area contributed by atoms with Crippen molar-refractivity contribution in [2.75, 3.05) is 12.1 Å². The van der Waals surface area contributed by atoms with Crippen molar-refractivity contribution in [1.29, 1.82) is 0 Å². The van der Waals surface area contributed by atoms with Crippen molar-refractivity contribution in [3.63, 3.8) is 0 Å². The van der Waals surface area contributed by atoms with Gasteiger partial charge in [-0.15, -0.1) is 0 Å². The zero-order valence-electron chi connectivity index (χ0n) is 13.0. The summed E-state index contributed by atoms with van der Waals surface area (Å²) < 4.78 is 31.8. The highest BCUT2D eigenvalue weighted by Gasteiger charge is 2.36. The Morgan fingerprint density at radius 1 is 1.27 bits per heavy atom. The van der Waals surface area contributed by atoms with Gasteiger partial charge in [0, 0.05) is 0 Å². The van der Waals surface area contributed by atoms with E-state index in [1.807, 2.05) is 13.8 Å². The predicted molar refractivity (Wildman–Crippen MR) is 89.1 cm³/mol. The van der Waals surface area contributed by atoms with E-state index in [2.05, 4.69) is 15.9 Å². The third-order valence-electron chi connectivity index (χ3n) is 3.07. The van der Waals surface area contributed by atoms with Crippen LogP contribution in [0.1, 0.15) is 27.2 Å². The van der Waals surface area contributed by atoms with E-state index in [4.69, 9.17) is 4.74 Å². The Bertz CT molecular complexity index is 574. The molecule has 1 aromatic carbocycles. The molecule has 0 saturated carbocycles. The van der Waals surface area contributed by atoms with Crippen LogP contribution in [0.25, 0.3) is 0 Å². The normalized spacial score (nSPS) is 13.4. The fraction of sp³-hybridized carbons (Fsp3) is 0.533. The maximum Gasteiger partial charge on any atom is 0.324 e. The molecule has 0 heterocycles. The van der Waals surface area contributed by atoms with Crippen molar-refractivity contribution in [1.82, 2.24) is 4.31 Å². The van der Waals surface area contributed by atoms with Gasteiger partial charge < -0.3 is 4.74 Å². The molecule has 1 atom stereocenters. The van der Waals surface area contributed by atoms with Crippen LogP contribution >= 0.6 is 15.9 Å². The number of hydrogen-bond acceptors (Lipinski definition) is 4. The zero-order chi connectivity index (χ0) is 16.8. The molecule has 0 fully saturated rings. The number of halogens is 1. The summed E-state index contributed by atoms with van der Waals surface area (Å²) in [6.07, 6.45) is 0.399. The smallest absolute Gasteiger partial charge is 0.324 e. The van der Waals surface area contributed by atoms with Crippen LogP contribution in [0.2, 0.25) is 0 Å². The minimum atomic E-state index is -3.77. The number of sulfonamides is 1. The fourth-order valence-electron chi connectivity index (χ4n) is 2.06. The molecule has 0 aliphatic carbocycles. The van der Waals surface area contributed by atoms with Gasteiger partial charge in [0.05, 0.1) is 17.0 Å². The topological polar surface area (TPSA) is 63.7 Å². The number of hydrogen-bond donors (Lipinski definition) is 0. The summed E-state index contributed by atoms with van der Waals surface area (Å²) in [5, 5.41) is 0. The number of alkyl halides is 1. The van der Waals surface area contributed by atoms with Crippen molar-refractivity contribution >= 4 is 31.9 Å². The lowest BCUT2D eigenvalue weighted by molar-refractivity contribution is -0.148. The van der Waals surface area contributed by atoms with Crippen LogP contribution in [-0.4, -0.2) is 36.8 Å². The van der Waals surface area contributed by atoms with Gasteiger partial charge in [-0.25, -0.2) is 8.42 Å². The number of carbonyl (C=O) groups is 1. The molecule has 0 amide bonds. The van der Waals surface area contributed by atoms with Crippen LogP contribution in [0.5, 0.6) is 0 Å². The van der Waals surface area contributed by atoms with Gasteiger partial charge in [-0.05, 0) is 31.4 Å². The molecule has 0 spiro atoms. The number of nitrogens with zero attached hydrogens (tertiary/aromatic N) is 1. The van der Waals surface area contributed by atoms with Gasteiger partial charge in [-0.3, -0.25) is 4.79 Å². The van der Waals surface area contributed by atoms with E-state index in [1.54, 1.807) is 25.1 Å². The number of benzene rings is 1. The van der Waals surface area contributed by atoms with E-state index < -0.39 is 22.0 Å². The third-order valence-corrected chi connectivity index (χ3v) is 5.81. The summed E-state index contributed by atoms with van der Waals surface area (Å²) in [4.78, 5) is 12.4. The molecule has 0 radical (unpaired) electrons. The highest BCUT2D eigenvalue weighted by molar-refractivity contribution is 9.09. The molecule has 0 saturated heterocycles. The van der Waals surface area contributed by atoms with Crippen molar-refractivity contribution < 1.29 is 17.9 Å². The van der Waals surface area contributed by atoms with Crippen LogP contribution in [0.3, 0.4) is 0 Å². The average molecular weight is 392 g/mol. The maximum absolute atomic E-state index is 12.8. The molecular formula is C15H22BrNO4S. The molecule has 1 aromatic rings. The Kier molecular flexibility index (Phi) is 7.52. The maximum atomic E-state index is 12.8. The van der Waals surface area contributed by atoms with Gasteiger partial charge in [-0.1, -0.05) is 48.0 Å². The molecule has 7 heteroatoms. The predicted octanol–water partition coefficient (Wildman–Crippen LogP) is 3.01. The first-order valence-electron chi connectivity index (χ1n) is 7.14. The number of carbonyl (C=O) groups excluding carboxylic acids is 1. The number of esters is 1. The third kappa shape index (κ3) is 4.79. The van der Waals surface area contributed by atoms with Crippen LogP contribution in [0.15, 0.2) is 35.2 Å². The van der Waals surface area contributed by atoms with Gasteiger partial charge in [0.15, 0.2) is 0 Å². The summed E-state index contributed by atoms with van der Waals surface area (Å²) >= 11 is 3.20. The fourth-order valence-corrected chi connectivity index (χ4v) is 4.62. The first-order chi connectivity index (χ1) is 10.3. The molecule has 22 heavy (non-hydrogen) atoms. The largest absolute Gasteiger partial charge is 0.465 e. The summed E-state index contributed by atoms with van der Waals surface area (Å²) in [6.45, 7) is 5.80. The first-order valence-corrected chi connectivity index (χ1v) is 9.70. The van der Waals surface area contributed by atoms with E-state index >= 15 is 0 Å².